The molecule has 4 heteroatoms. The molecule has 2 atom stereocenters. The summed E-state index contributed by atoms with van der Waals surface area (Å²) in [6.45, 7) is 9.48. The minimum atomic E-state index is -0.405. The second kappa shape index (κ2) is 5.83. The number of carbonyl (C=O) groups excluding carboxylic acids is 1. The fourth-order valence-corrected chi connectivity index (χ4v) is 2.09. The molecule has 0 amide bonds. The molecule has 1 heterocycles. The van der Waals surface area contributed by atoms with Crippen LogP contribution in [0.2, 0.25) is 0 Å². The van der Waals surface area contributed by atoms with Crippen molar-refractivity contribution in [1.82, 2.24) is 4.90 Å². The Morgan fingerprint density at radius 1 is 1.47 bits per heavy atom. The van der Waals surface area contributed by atoms with Gasteiger partial charge in [0.05, 0.1) is 6.10 Å². The first-order valence-corrected chi connectivity index (χ1v) is 6.33. The van der Waals surface area contributed by atoms with Crippen molar-refractivity contribution in [2.75, 3.05) is 20.2 Å². The third kappa shape index (κ3) is 4.64. The Morgan fingerprint density at radius 3 is 2.65 bits per heavy atom. The summed E-state index contributed by atoms with van der Waals surface area (Å²) in [6, 6.07) is -0.0909. The van der Waals surface area contributed by atoms with E-state index in [9.17, 15) is 4.79 Å². The van der Waals surface area contributed by atoms with E-state index in [0.717, 1.165) is 25.9 Å². The summed E-state index contributed by atoms with van der Waals surface area (Å²) >= 11 is 0. The monoisotopic (exact) mass is 243 g/mol. The molecule has 0 spiro atoms. The number of methoxy groups -OCH3 is 1. The van der Waals surface area contributed by atoms with Gasteiger partial charge in [0.2, 0.25) is 0 Å². The standard InChI is InChI=1S/C13H25NO3/c1-10(16-5)9-14-8-6-7-11(14)12(15)17-13(2,3)4/h10-11H,6-9H2,1-5H3/t10?,11-/m0/s1. The molecule has 100 valence electrons. The van der Waals surface area contributed by atoms with Crippen molar-refractivity contribution in [3.05, 3.63) is 0 Å². The zero-order valence-electron chi connectivity index (χ0n) is 11.7. The molecule has 1 unspecified atom stereocenters. The van der Waals surface area contributed by atoms with Gasteiger partial charge in [-0.15, -0.1) is 0 Å². The number of hydrogen-bond acceptors (Lipinski definition) is 4. The largest absolute Gasteiger partial charge is 0.459 e. The fourth-order valence-electron chi connectivity index (χ4n) is 2.09. The second-order valence-electron chi connectivity index (χ2n) is 5.73. The Kier molecular flexibility index (Phi) is 4.95. The van der Waals surface area contributed by atoms with Crippen LogP contribution >= 0.6 is 0 Å². The van der Waals surface area contributed by atoms with Crippen molar-refractivity contribution in [2.24, 2.45) is 0 Å². The van der Waals surface area contributed by atoms with Crippen LogP contribution in [-0.4, -0.2) is 48.8 Å². The van der Waals surface area contributed by atoms with Crippen LogP contribution < -0.4 is 0 Å². The molecule has 0 aliphatic carbocycles. The van der Waals surface area contributed by atoms with Gasteiger partial charge in [0.1, 0.15) is 11.6 Å². The number of likely N-dealkylation sites (tertiary alicyclic amines) is 1. The zero-order valence-corrected chi connectivity index (χ0v) is 11.7. The molecule has 0 saturated carbocycles. The van der Waals surface area contributed by atoms with Gasteiger partial charge < -0.3 is 9.47 Å². The molecule has 17 heavy (non-hydrogen) atoms. The normalized spacial score (nSPS) is 23.7. The first kappa shape index (κ1) is 14.5. The summed E-state index contributed by atoms with van der Waals surface area (Å²) in [5.74, 6) is -0.0988. The van der Waals surface area contributed by atoms with Crippen molar-refractivity contribution in [3.8, 4) is 0 Å². The number of carbonyl (C=O) groups is 1. The quantitative estimate of drug-likeness (QED) is 0.706. The summed E-state index contributed by atoms with van der Waals surface area (Å²) < 4.78 is 10.7. The molecule has 1 aliphatic heterocycles. The number of esters is 1. The summed E-state index contributed by atoms with van der Waals surface area (Å²) in [7, 11) is 1.70. The lowest BCUT2D eigenvalue weighted by Gasteiger charge is -2.28. The number of nitrogens with zero attached hydrogens (tertiary/aromatic N) is 1. The van der Waals surface area contributed by atoms with Gasteiger partial charge in [0.25, 0.3) is 0 Å². The molecule has 0 N–H and O–H groups in total. The average molecular weight is 243 g/mol. The van der Waals surface area contributed by atoms with E-state index in [1.165, 1.54) is 0 Å². The summed E-state index contributed by atoms with van der Waals surface area (Å²) in [5.41, 5.74) is -0.405. The van der Waals surface area contributed by atoms with Crippen molar-refractivity contribution in [2.45, 2.75) is 58.3 Å². The van der Waals surface area contributed by atoms with E-state index in [1.54, 1.807) is 7.11 Å². The van der Waals surface area contributed by atoms with Gasteiger partial charge in [-0.3, -0.25) is 9.69 Å². The Hall–Kier alpha value is -0.610. The fraction of sp³-hybridized carbons (Fsp3) is 0.923. The van der Waals surface area contributed by atoms with Gasteiger partial charge in [-0.2, -0.15) is 0 Å². The van der Waals surface area contributed by atoms with Crippen molar-refractivity contribution >= 4 is 5.97 Å². The molecular weight excluding hydrogens is 218 g/mol. The Morgan fingerprint density at radius 2 is 2.12 bits per heavy atom. The second-order valence-corrected chi connectivity index (χ2v) is 5.73. The van der Waals surface area contributed by atoms with E-state index < -0.39 is 5.60 Å². The van der Waals surface area contributed by atoms with E-state index in [0.29, 0.717) is 0 Å². The topological polar surface area (TPSA) is 38.8 Å². The molecule has 0 radical (unpaired) electrons. The van der Waals surface area contributed by atoms with Crippen LogP contribution in [0, 0.1) is 0 Å². The van der Waals surface area contributed by atoms with Crippen molar-refractivity contribution < 1.29 is 14.3 Å². The van der Waals surface area contributed by atoms with E-state index in [1.807, 2.05) is 27.7 Å². The summed E-state index contributed by atoms with van der Waals surface area (Å²) in [6.07, 6.45) is 2.10. The highest BCUT2D eigenvalue weighted by molar-refractivity contribution is 5.76. The zero-order chi connectivity index (χ0) is 13.1. The molecular formula is C13H25NO3. The van der Waals surface area contributed by atoms with E-state index in [4.69, 9.17) is 9.47 Å². The van der Waals surface area contributed by atoms with Crippen LogP contribution in [0.1, 0.15) is 40.5 Å². The Labute approximate surface area is 104 Å². The molecule has 1 fully saturated rings. The molecule has 1 saturated heterocycles. The lowest BCUT2D eigenvalue weighted by Crippen LogP contribution is -2.43. The first-order valence-electron chi connectivity index (χ1n) is 6.33. The molecule has 1 rings (SSSR count). The van der Waals surface area contributed by atoms with Crippen molar-refractivity contribution in [3.63, 3.8) is 0 Å². The van der Waals surface area contributed by atoms with E-state index >= 15 is 0 Å². The molecule has 0 aromatic carbocycles. The molecule has 0 aromatic heterocycles. The maximum absolute atomic E-state index is 12.0. The number of hydrogen-bond donors (Lipinski definition) is 0. The molecule has 0 bridgehead atoms. The number of rotatable bonds is 4. The van der Waals surface area contributed by atoms with Crippen LogP contribution in [-0.2, 0) is 14.3 Å². The highest BCUT2D eigenvalue weighted by Crippen LogP contribution is 2.21. The molecule has 4 nitrogen and oxygen atoms in total. The molecule has 1 aliphatic rings. The van der Waals surface area contributed by atoms with Gasteiger partial charge in [0, 0.05) is 13.7 Å². The lowest BCUT2D eigenvalue weighted by molar-refractivity contribution is -0.160. The SMILES string of the molecule is COC(C)CN1CCC[C@H]1C(=O)OC(C)(C)C. The number of ether oxygens (including phenoxy) is 2. The summed E-state index contributed by atoms with van der Waals surface area (Å²) in [5, 5.41) is 0. The maximum atomic E-state index is 12.0. The Balaban J connectivity index is 2.54. The van der Waals surface area contributed by atoms with Crippen LogP contribution in [0.25, 0.3) is 0 Å². The van der Waals surface area contributed by atoms with Gasteiger partial charge >= 0.3 is 5.97 Å². The first-order chi connectivity index (χ1) is 7.83. The van der Waals surface area contributed by atoms with Gasteiger partial charge in [-0.1, -0.05) is 0 Å². The van der Waals surface area contributed by atoms with Gasteiger partial charge in [-0.25, -0.2) is 0 Å². The lowest BCUT2D eigenvalue weighted by atomic mass is 10.1. The minimum absolute atomic E-state index is 0.0909. The predicted octanol–water partition coefficient (Wildman–Crippen LogP) is 1.83. The van der Waals surface area contributed by atoms with Gasteiger partial charge in [0.15, 0.2) is 0 Å². The highest BCUT2D eigenvalue weighted by atomic mass is 16.6. The van der Waals surface area contributed by atoms with Crippen LogP contribution in [0.15, 0.2) is 0 Å². The van der Waals surface area contributed by atoms with Crippen LogP contribution in [0.4, 0.5) is 0 Å². The minimum Gasteiger partial charge on any atom is -0.459 e. The maximum Gasteiger partial charge on any atom is 0.323 e. The van der Waals surface area contributed by atoms with E-state index in [2.05, 4.69) is 4.90 Å². The third-order valence-electron chi connectivity index (χ3n) is 2.94. The van der Waals surface area contributed by atoms with Gasteiger partial charge in [-0.05, 0) is 47.1 Å². The predicted molar refractivity (Wildman–Crippen MR) is 66.9 cm³/mol. The van der Waals surface area contributed by atoms with Crippen LogP contribution in [0.3, 0.4) is 0 Å². The third-order valence-corrected chi connectivity index (χ3v) is 2.94. The molecule has 0 aromatic rings. The highest BCUT2D eigenvalue weighted by Gasteiger charge is 2.34. The Bertz CT molecular complexity index is 260. The van der Waals surface area contributed by atoms with Crippen LogP contribution in [0.5, 0.6) is 0 Å². The van der Waals surface area contributed by atoms with E-state index in [-0.39, 0.29) is 18.1 Å². The average Bonchev–Trinajstić information content (AvgIpc) is 2.63. The smallest absolute Gasteiger partial charge is 0.323 e. The van der Waals surface area contributed by atoms with Crippen molar-refractivity contribution in [1.29, 1.82) is 0 Å². The summed E-state index contributed by atoms with van der Waals surface area (Å²) in [4.78, 5) is 14.2.